The highest BCUT2D eigenvalue weighted by Gasteiger charge is 2.16. The standard InChI is InChI=1S/C9H6F2N2O2/c10-6-4-8(13)7(11)3-5(6)9(14)15-2-1-12/h3-4H,2,13H2. The third kappa shape index (κ3) is 2.40. The molecule has 1 aromatic carbocycles. The molecular weight excluding hydrogens is 206 g/mol. The molecule has 0 aliphatic heterocycles. The minimum absolute atomic E-state index is 0.399. The Morgan fingerprint density at radius 3 is 2.73 bits per heavy atom. The largest absolute Gasteiger partial charge is 0.447 e. The monoisotopic (exact) mass is 212 g/mol. The first kappa shape index (κ1) is 10.9. The van der Waals surface area contributed by atoms with Gasteiger partial charge in [-0.3, -0.25) is 0 Å². The van der Waals surface area contributed by atoms with Crippen LogP contribution in [0.2, 0.25) is 0 Å². The fourth-order valence-electron chi connectivity index (χ4n) is 0.894. The van der Waals surface area contributed by atoms with Crippen molar-refractivity contribution >= 4 is 11.7 Å². The molecule has 0 aliphatic rings. The van der Waals surface area contributed by atoms with Gasteiger partial charge in [0.25, 0.3) is 0 Å². The number of benzene rings is 1. The number of rotatable bonds is 2. The van der Waals surface area contributed by atoms with Crippen molar-refractivity contribution in [2.75, 3.05) is 12.3 Å². The van der Waals surface area contributed by atoms with Crippen molar-refractivity contribution in [3.8, 4) is 6.07 Å². The first-order valence-electron chi connectivity index (χ1n) is 3.85. The zero-order chi connectivity index (χ0) is 11.4. The third-order valence-electron chi connectivity index (χ3n) is 1.57. The normalized spacial score (nSPS) is 9.40. The molecule has 0 spiro atoms. The van der Waals surface area contributed by atoms with Crippen LogP contribution in [-0.4, -0.2) is 12.6 Å². The van der Waals surface area contributed by atoms with Crippen LogP contribution < -0.4 is 5.73 Å². The molecule has 0 unspecified atom stereocenters. The Kier molecular flexibility index (Phi) is 3.18. The van der Waals surface area contributed by atoms with Crippen molar-refractivity contribution in [1.82, 2.24) is 0 Å². The quantitative estimate of drug-likeness (QED) is 0.590. The van der Waals surface area contributed by atoms with Gasteiger partial charge in [-0.2, -0.15) is 5.26 Å². The van der Waals surface area contributed by atoms with Gasteiger partial charge in [-0.05, 0) is 6.07 Å². The van der Waals surface area contributed by atoms with Crippen molar-refractivity contribution in [3.05, 3.63) is 29.3 Å². The molecule has 0 heterocycles. The van der Waals surface area contributed by atoms with Gasteiger partial charge in [0.15, 0.2) is 6.61 Å². The van der Waals surface area contributed by atoms with Crippen LogP contribution in [0, 0.1) is 23.0 Å². The first-order valence-corrected chi connectivity index (χ1v) is 3.85. The molecule has 0 atom stereocenters. The maximum Gasteiger partial charge on any atom is 0.342 e. The van der Waals surface area contributed by atoms with E-state index in [0.29, 0.717) is 12.1 Å². The molecule has 1 rings (SSSR count). The number of halogens is 2. The highest BCUT2D eigenvalue weighted by Crippen LogP contribution is 2.17. The molecule has 0 saturated carbocycles. The van der Waals surface area contributed by atoms with Crippen molar-refractivity contribution in [2.45, 2.75) is 0 Å². The number of ether oxygens (including phenoxy) is 1. The first-order chi connectivity index (χ1) is 7.06. The molecular formula is C9H6F2N2O2. The second kappa shape index (κ2) is 4.37. The van der Waals surface area contributed by atoms with E-state index in [1.807, 2.05) is 0 Å². The number of nitrogens with two attached hydrogens (primary N) is 1. The second-order valence-corrected chi connectivity index (χ2v) is 2.59. The van der Waals surface area contributed by atoms with E-state index >= 15 is 0 Å². The lowest BCUT2D eigenvalue weighted by molar-refractivity contribution is 0.0549. The number of nitrogen functional groups attached to an aromatic ring is 1. The fourth-order valence-corrected chi connectivity index (χ4v) is 0.894. The Morgan fingerprint density at radius 1 is 1.47 bits per heavy atom. The van der Waals surface area contributed by atoms with Crippen LogP contribution in [-0.2, 0) is 4.74 Å². The second-order valence-electron chi connectivity index (χ2n) is 2.59. The Hall–Kier alpha value is -2.16. The molecule has 78 valence electrons. The summed E-state index contributed by atoms with van der Waals surface area (Å²) in [6.45, 7) is -0.524. The molecule has 0 radical (unpaired) electrons. The molecule has 0 amide bonds. The lowest BCUT2D eigenvalue weighted by Gasteiger charge is -2.03. The summed E-state index contributed by atoms with van der Waals surface area (Å²) in [5.74, 6) is -3.01. The lowest BCUT2D eigenvalue weighted by atomic mass is 10.2. The molecule has 1 aromatic rings. The fraction of sp³-hybridized carbons (Fsp3) is 0.111. The van der Waals surface area contributed by atoms with Crippen LogP contribution in [0.4, 0.5) is 14.5 Å². The summed E-state index contributed by atoms with van der Waals surface area (Å²) < 4.78 is 30.3. The number of esters is 1. The molecule has 0 saturated heterocycles. The van der Waals surface area contributed by atoms with E-state index in [0.717, 1.165) is 0 Å². The smallest absolute Gasteiger partial charge is 0.342 e. The van der Waals surface area contributed by atoms with Crippen molar-refractivity contribution in [2.24, 2.45) is 0 Å². The number of hydrogen-bond donors (Lipinski definition) is 1. The zero-order valence-corrected chi connectivity index (χ0v) is 7.46. The molecule has 2 N–H and O–H groups in total. The Morgan fingerprint density at radius 2 is 2.13 bits per heavy atom. The summed E-state index contributed by atoms with van der Waals surface area (Å²) in [5.41, 5.74) is 4.09. The summed E-state index contributed by atoms with van der Waals surface area (Å²) in [6, 6.07) is 2.84. The van der Waals surface area contributed by atoms with Crippen molar-refractivity contribution in [3.63, 3.8) is 0 Å². The molecule has 15 heavy (non-hydrogen) atoms. The number of carbonyl (C=O) groups excluding carboxylic acids is 1. The maximum absolute atomic E-state index is 13.1. The van der Waals surface area contributed by atoms with Gasteiger partial charge in [-0.15, -0.1) is 0 Å². The van der Waals surface area contributed by atoms with E-state index in [1.54, 1.807) is 0 Å². The summed E-state index contributed by atoms with van der Waals surface area (Å²) in [6.07, 6.45) is 0. The van der Waals surface area contributed by atoms with Crippen LogP contribution in [0.5, 0.6) is 0 Å². The summed E-state index contributed by atoms with van der Waals surface area (Å²) >= 11 is 0. The highest BCUT2D eigenvalue weighted by atomic mass is 19.1. The molecule has 6 heteroatoms. The van der Waals surface area contributed by atoms with Gasteiger partial charge >= 0.3 is 5.97 Å². The molecule has 4 nitrogen and oxygen atoms in total. The average Bonchev–Trinajstić information content (AvgIpc) is 2.20. The molecule has 0 fully saturated rings. The van der Waals surface area contributed by atoms with Gasteiger partial charge in [-0.25, -0.2) is 13.6 Å². The van der Waals surface area contributed by atoms with Crippen LogP contribution in [0.25, 0.3) is 0 Å². The number of anilines is 1. The maximum atomic E-state index is 13.1. The van der Waals surface area contributed by atoms with E-state index in [2.05, 4.69) is 4.74 Å². The Balaban J connectivity index is 3.00. The van der Waals surface area contributed by atoms with E-state index in [9.17, 15) is 13.6 Å². The van der Waals surface area contributed by atoms with Gasteiger partial charge < -0.3 is 10.5 Å². The minimum atomic E-state index is -1.10. The number of carbonyl (C=O) groups is 1. The van der Waals surface area contributed by atoms with E-state index in [1.165, 1.54) is 6.07 Å². The van der Waals surface area contributed by atoms with Crippen LogP contribution in [0.3, 0.4) is 0 Å². The average molecular weight is 212 g/mol. The predicted molar refractivity (Wildman–Crippen MR) is 46.7 cm³/mol. The SMILES string of the molecule is N#CCOC(=O)c1cc(F)c(N)cc1F. The van der Waals surface area contributed by atoms with Gasteiger partial charge in [0.2, 0.25) is 0 Å². The van der Waals surface area contributed by atoms with E-state index in [4.69, 9.17) is 11.0 Å². The number of nitrogens with zero attached hydrogens (tertiary/aromatic N) is 1. The van der Waals surface area contributed by atoms with Gasteiger partial charge in [0.05, 0.1) is 11.3 Å². The van der Waals surface area contributed by atoms with Gasteiger partial charge in [-0.1, -0.05) is 0 Å². The molecule has 0 aromatic heterocycles. The third-order valence-corrected chi connectivity index (χ3v) is 1.57. The molecule has 0 bridgehead atoms. The van der Waals surface area contributed by atoms with Crippen LogP contribution >= 0.6 is 0 Å². The minimum Gasteiger partial charge on any atom is -0.447 e. The summed E-state index contributed by atoms with van der Waals surface area (Å²) in [5, 5.41) is 8.12. The van der Waals surface area contributed by atoms with Gasteiger partial charge in [0.1, 0.15) is 17.7 Å². The topological polar surface area (TPSA) is 76.1 Å². The Bertz CT molecular complexity index is 440. The van der Waals surface area contributed by atoms with Gasteiger partial charge in [0, 0.05) is 6.07 Å². The van der Waals surface area contributed by atoms with Crippen LogP contribution in [0.15, 0.2) is 12.1 Å². The van der Waals surface area contributed by atoms with Crippen molar-refractivity contribution in [1.29, 1.82) is 5.26 Å². The molecule has 0 aliphatic carbocycles. The zero-order valence-electron chi connectivity index (χ0n) is 7.46. The van der Waals surface area contributed by atoms with E-state index < -0.39 is 35.5 Å². The number of nitriles is 1. The van der Waals surface area contributed by atoms with E-state index in [-0.39, 0.29) is 0 Å². The lowest BCUT2D eigenvalue weighted by Crippen LogP contribution is -2.09. The summed E-state index contributed by atoms with van der Waals surface area (Å²) in [7, 11) is 0. The van der Waals surface area contributed by atoms with Crippen molar-refractivity contribution < 1.29 is 18.3 Å². The Labute approximate surface area is 83.9 Å². The van der Waals surface area contributed by atoms with Crippen LogP contribution in [0.1, 0.15) is 10.4 Å². The number of hydrogen-bond acceptors (Lipinski definition) is 4. The summed E-state index contributed by atoms with van der Waals surface area (Å²) in [4.78, 5) is 11.1. The predicted octanol–water partition coefficient (Wildman–Crippen LogP) is 1.23. The highest BCUT2D eigenvalue weighted by molar-refractivity contribution is 5.90.